The highest BCUT2D eigenvalue weighted by Crippen LogP contribution is 2.22. The molecule has 1 aromatic rings. The molecule has 0 aromatic heterocycles. The van der Waals surface area contributed by atoms with Crippen molar-refractivity contribution in [3.63, 3.8) is 0 Å². The molecule has 1 rings (SSSR count). The number of ether oxygens (including phenoxy) is 1. The second kappa shape index (κ2) is 4.37. The number of alkyl halides is 3. The molecule has 88 valence electrons. The molecule has 0 radical (unpaired) electrons. The maximum Gasteiger partial charge on any atom is 0.491 e. The molecule has 0 fully saturated rings. The predicted octanol–water partition coefficient (Wildman–Crippen LogP) is 1.85. The van der Waals surface area contributed by atoms with Crippen molar-refractivity contribution in [2.24, 2.45) is 0 Å². The van der Waals surface area contributed by atoms with Gasteiger partial charge in [0.1, 0.15) is 5.75 Å². The molecular formula is C8H5F3NO4-. The molecule has 5 nitrogen and oxygen atoms in total. The Labute approximate surface area is 87.2 Å². The van der Waals surface area contributed by atoms with E-state index in [1.165, 1.54) is 0 Å². The van der Waals surface area contributed by atoms with Crippen molar-refractivity contribution in [1.29, 1.82) is 0 Å². The summed E-state index contributed by atoms with van der Waals surface area (Å²) in [5, 5.41) is 18.3. The van der Waals surface area contributed by atoms with Gasteiger partial charge < -0.3 is 15.2 Å². The lowest BCUT2D eigenvalue weighted by atomic mass is 10.3. The number of rotatable bonds is 2. The molecule has 16 heavy (non-hydrogen) atoms. The molecule has 0 aliphatic carbocycles. The first kappa shape index (κ1) is 12.3. The van der Waals surface area contributed by atoms with Crippen LogP contribution in [-0.2, 0) is 4.79 Å². The fourth-order valence-electron chi connectivity index (χ4n) is 0.807. The molecule has 0 aliphatic heterocycles. The summed E-state index contributed by atoms with van der Waals surface area (Å²) < 4.78 is 39.3. The fourth-order valence-corrected chi connectivity index (χ4v) is 0.807. The topological polar surface area (TPSA) is 72.8 Å². The van der Waals surface area contributed by atoms with Crippen molar-refractivity contribution in [1.82, 2.24) is 0 Å². The Morgan fingerprint density at radius 1 is 1.31 bits per heavy atom. The zero-order valence-electron chi connectivity index (χ0n) is 7.56. The van der Waals surface area contributed by atoms with Crippen LogP contribution in [0.1, 0.15) is 0 Å². The SMILES string of the molecule is O=C(Oc1ccc(N([O-])O)cc1)C(F)(F)F. The maximum absolute atomic E-state index is 11.8. The zero-order valence-corrected chi connectivity index (χ0v) is 7.56. The van der Waals surface area contributed by atoms with Crippen LogP contribution in [-0.4, -0.2) is 17.4 Å². The average molecular weight is 236 g/mol. The summed E-state index contributed by atoms with van der Waals surface area (Å²) in [7, 11) is 0. The molecule has 0 saturated carbocycles. The fraction of sp³-hybridized carbons (Fsp3) is 0.125. The minimum atomic E-state index is -5.08. The van der Waals surface area contributed by atoms with Crippen LogP contribution in [0.4, 0.5) is 18.9 Å². The van der Waals surface area contributed by atoms with Gasteiger partial charge in [0.25, 0.3) is 0 Å². The van der Waals surface area contributed by atoms with E-state index in [-0.39, 0.29) is 11.4 Å². The standard InChI is InChI=1S/C8H5F3NO4/c9-8(10,11)7(13)16-6-3-1-5(2-4-6)12(14)15/h1-4,14H/q-1. The minimum absolute atomic E-state index is 0.202. The normalized spacial score (nSPS) is 11.1. The lowest BCUT2D eigenvalue weighted by Gasteiger charge is -2.21. The minimum Gasteiger partial charge on any atom is -0.733 e. The lowest BCUT2D eigenvalue weighted by molar-refractivity contribution is -0.189. The molecule has 0 amide bonds. The summed E-state index contributed by atoms with van der Waals surface area (Å²) in [5.74, 6) is -2.74. The highest BCUT2D eigenvalue weighted by atomic mass is 19.4. The third kappa shape index (κ3) is 3.11. The molecule has 0 aliphatic rings. The molecule has 1 N–H and O–H groups in total. The maximum atomic E-state index is 11.8. The molecule has 0 saturated heterocycles. The van der Waals surface area contributed by atoms with Crippen LogP contribution in [0.5, 0.6) is 5.75 Å². The average Bonchev–Trinajstić information content (AvgIpc) is 2.17. The van der Waals surface area contributed by atoms with Crippen LogP contribution in [0.25, 0.3) is 0 Å². The monoisotopic (exact) mass is 236 g/mol. The van der Waals surface area contributed by atoms with Gasteiger partial charge in [0.2, 0.25) is 0 Å². The van der Waals surface area contributed by atoms with Crippen molar-refractivity contribution >= 4 is 11.7 Å². The largest absolute Gasteiger partial charge is 0.733 e. The summed E-state index contributed by atoms with van der Waals surface area (Å²) in [6.07, 6.45) is -5.08. The Bertz CT molecular complexity index is 374. The third-order valence-corrected chi connectivity index (χ3v) is 1.50. The number of halogens is 3. The van der Waals surface area contributed by atoms with E-state index >= 15 is 0 Å². The van der Waals surface area contributed by atoms with E-state index in [0.717, 1.165) is 24.3 Å². The second-order valence-corrected chi connectivity index (χ2v) is 2.65. The summed E-state index contributed by atoms with van der Waals surface area (Å²) in [5.41, 5.74) is -0.202. The van der Waals surface area contributed by atoms with Crippen LogP contribution >= 0.6 is 0 Å². The van der Waals surface area contributed by atoms with E-state index in [0.29, 0.717) is 0 Å². The van der Waals surface area contributed by atoms with Gasteiger partial charge in [-0.2, -0.15) is 13.2 Å². The second-order valence-electron chi connectivity index (χ2n) is 2.65. The third-order valence-electron chi connectivity index (χ3n) is 1.50. The quantitative estimate of drug-likeness (QED) is 0.482. The highest BCUT2D eigenvalue weighted by molar-refractivity contribution is 5.78. The van der Waals surface area contributed by atoms with Crippen molar-refractivity contribution in [2.45, 2.75) is 6.18 Å². The molecule has 0 bridgehead atoms. The number of hydrogen-bond donors (Lipinski definition) is 1. The Hall–Kier alpha value is -1.80. The van der Waals surface area contributed by atoms with Gasteiger partial charge in [0.05, 0.1) is 5.69 Å². The van der Waals surface area contributed by atoms with Gasteiger partial charge in [-0.25, -0.2) is 4.79 Å². The van der Waals surface area contributed by atoms with Crippen molar-refractivity contribution < 1.29 is 27.9 Å². The van der Waals surface area contributed by atoms with Gasteiger partial charge in [0.15, 0.2) is 0 Å². The van der Waals surface area contributed by atoms with Gasteiger partial charge >= 0.3 is 12.1 Å². The molecule has 8 heteroatoms. The van der Waals surface area contributed by atoms with Crippen molar-refractivity contribution in [2.75, 3.05) is 5.23 Å². The number of esters is 1. The van der Waals surface area contributed by atoms with Crippen LogP contribution in [0.15, 0.2) is 24.3 Å². The summed E-state index contributed by atoms with van der Waals surface area (Å²) >= 11 is 0. The van der Waals surface area contributed by atoms with Crippen LogP contribution in [0.3, 0.4) is 0 Å². The van der Waals surface area contributed by atoms with Crippen LogP contribution in [0, 0.1) is 5.21 Å². The zero-order chi connectivity index (χ0) is 12.3. The first-order valence-electron chi connectivity index (χ1n) is 3.86. The van der Waals surface area contributed by atoms with E-state index < -0.39 is 17.4 Å². The van der Waals surface area contributed by atoms with Gasteiger partial charge in [-0.15, -0.1) is 0 Å². The summed E-state index contributed by atoms with van der Waals surface area (Å²) in [6.45, 7) is 0. The number of carbonyl (C=O) groups excluding carboxylic acids is 1. The number of hydrogen-bond acceptors (Lipinski definition) is 5. The van der Waals surface area contributed by atoms with E-state index in [4.69, 9.17) is 5.21 Å². The van der Waals surface area contributed by atoms with Crippen LogP contribution in [0.2, 0.25) is 0 Å². The smallest absolute Gasteiger partial charge is 0.491 e. The molecule has 0 heterocycles. The number of benzene rings is 1. The summed E-state index contributed by atoms with van der Waals surface area (Å²) in [4.78, 5) is 10.4. The highest BCUT2D eigenvalue weighted by Gasteiger charge is 2.41. The molecule has 1 aromatic carbocycles. The molecule has 0 unspecified atom stereocenters. The summed E-state index contributed by atoms with van der Waals surface area (Å²) in [6, 6.07) is 3.87. The number of nitrogens with zero attached hydrogens (tertiary/aromatic N) is 1. The van der Waals surface area contributed by atoms with E-state index in [1.54, 1.807) is 0 Å². The molecular weight excluding hydrogens is 231 g/mol. The van der Waals surface area contributed by atoms with E-state index in [1.807, 2.05) is 0 Å². The van der Waals surface area contributed by atoms with E-state index in [9.17, 15) is 23.2 Å². The number of carbonyl (C=O) groups is 1. The first-order chi connectivity index (χ1) is 7.30. The molecule has 0 spiro atoms. The van der Waals surface area contributed by atoms with Gasteiger partial charge in [-0.05, 0) is 24.3 Å². The Kier molecular flexibility index (Phi) is 3.35. The Morgan fingerprint density at radius 3 is 2.19 bits per heavy atom. The van der Waals surface area contributed by atoms with E-state index in [2.05, 4.69) is 4.74 Å². The Balaban J connectivity index is 2.73. The first-order valence-corrected chi connectivity index (χ1v) is 3.86. The van der Waals surface area contributed by atoms with Crippen molar-refractivity contribution in [3.05, 3.63) is 29.5 Å². The lowest BCUT2D eigenvalue weighted by Crippen LogP contribution is -2.27. The van der Waals surface area contributed by atoms with Gasteiger partial charge in [-0.3, -0.25) is 5.21 Å². The Morgan fingerprint density at radius 2 is 1.81 bits per heavy atom. The predicted molar refractivity (Wildman–Crippen MR) is 45.8 cm³/mol. The van der Waals surface area contributed by atoms with Gasteiger partial charge in [0, 0.05) is 0 Å². The van der Waals surface area contributed by atoms with Crippen molar-refractivity contribution in [3.8, 4) is 5.75 Å². The van der Waals surface area contributed by atoms with Crippen LogP contribution < -0.4 is 9.96 Å². The van der Waals surface area contributed by atoms with Gasteiger partial charge in [-0.1, -0.05) is 0 Å². The molecule has 0 atom stereocenters. The number of anilines is 1.